The summed E-state index contributed by atoms with van der Waals surface area (Å²) in [6, 6.07) is 12.7. The fourth-order valence-electron chi connectivity index (χ4n) is 4.24. The summed E-state index contributed by atoms with van der Waals surface area (Å²) in [5.74, 6) is -0.596. The first kappa shape index (κ1) is 16.5. The minimum atomic E-state index is -0.352. The van der Waals surface area contributed by atoms with Gasteiger partial charge in [0.25, 0.3) is 0 Å². The van der Waals surface area contributed by atoms with Crippen LogP contribution in [0.15, 0.2) is 42.5 Å². The highest BCUT2D eigenvalue weighted by molar-refractivity contribution is 6.03. The van der Waals surface area contributed by atoms with E-state index in [2.05, 4.69) is 19.9 Å². The third-order valence-electron chi connectivity index (χ3n) is 5.52. The summed E-state index contributed by atoms with van der Waals surface area (Å²) in [6.45, 7) is 4.20. The molecule has 3 heteroatoms. The van der Waals surface area contributed by atoms with Crippen LogP contribution in [-0.4, -0.2) is 17.5 Å². The lowest BCUT2D eigenvalue weighted by molar-refractivity contribution is -0.0203. The molecule has 4 rings (SSSR count). The molecule has 1 aliphatic carbocycles. The lowest BCUT2D eigenvalue weighted by atomic mass is 9.85. The predicted octanol–water partition coefficient (Wildman–Crippen LogP) is 5.04. The van der Waals surface area contributed by atoms with Gasteiger partial charge < -0.3 is 4.74 Å². The van der Waals surface area contributed by atoms with E-state index in [1.807, 2.05) is 18.2 Å². The summed E-state index contributed by atoms with van der Waals surface area (Å²) in [6.07, 6.45) is 3.38. The van der Waals surface area contributed by atoms with E-state index < -0.39 is 0 Å². The topological polar surface area (TPSA) is 26.3 Å². The number of carbonyl (C=O) groups excluding carboxylic acids is 1. The number of halogens is 1. The third-order valence-corrected chi connectivity index (χ3v) is 5.52. The Kier molecular flexibility index (Phi) is 3.99. The maximum absolute atomic E-state index is 13.8. The van der Waals surface area contributed by atoms with Gasteiger partial charge in [-0.3, -0.25) is 4.79 Å². The predicted molar refractivity (Wildman–Crippen MR) is 95.5 cm³/mol. The fraction of sp³-hybridized carbons (Fsp3) is 0.409. The van der Waals surface area contributed by atoms with Gasteiger partial charge in [0.2, 0.25) is 0 Å². The number of Topliss-reactive ketones (excluding diaryl/α,β-unsaturated/α-hetero) is 1. The molecule has 2 atom stereocenters. The number of carbonyl (C=O) groups is 1. The lowest BCUT2D eigenvalue weighted by Crippen LogP contribution is -2.24. The largest absolute Gasteiger partial charge is 0.372 e. The molecular weight excluding hydrogens is 315 g/mol. The number of fused-ring (bicyclic) bond motifs is 2. The van der Waals surface area contributed by atoms with Crippen LogP contribution in [0, 0.1) is 5.82 Å². The highest BCUT2D eigenvalue weighted by Crippen LogP contribution is 2.39. The Morgan fingerprint density at radius 3 is 2.72 bits per heavy atom. The first-order valence-corrected chi connectivity index (χ1v) is 9.01. The first-order valence-electron chi connectivity index (χ1n) is 9.01. The number of rotatable bonds is 2. The number of hydrogen-bond donors (Lipinski definition) is 0. The molecule has 0 bridgehead atoms. The van der Waals surface area contributed by atoms with Crippen molar-refractivity contribution in [3.8, 4) is 0 Å². The van der Waals surface area contributed by atoms with Gasteiger partial charge in [0.1, 0.15) is 5.82 Å². The van der Waals surface area contributed by atoms with Crippen LogP contribution in [0.3, 0.4) is 0 Å². The summed E-state index contributed by atoms with van der Waals surface area (Å²) < 4.78 is 19.9. The van der Waals surface area contributed by atoms with Crippen molar-refractivity contribution in [2.75, 3.05) is 0 Å². The smallest absolute Gasteiger partial charge is 0.170 e. The van der Waals surface area contributed by atoms with Crippen LogP contribution in [0.5, 0.6) is 0 Å². The summed E-state index contributed by atoms with van der Waals surface area (Å²) in [4.78, 5) is 13.3. The second kappa shape index (κ2) is 6.06. The molecule has 2 aromatic rings. The molecule has 2 nitrogen and oxygen atoms in total. The molecule has 0 N–H and O–H groups in total. The van der Waals surface area contributed by atoms with Gasteiger partial charge in [0.15, 0.2) is 5.78 Å². The molecule has 0 aromatic heterocycles. The van der Waals surface area contributed by atoms with Crippen molar-refractivity contribution >= 4 is 5.78 Å². The van der Waals surface area contributed by atoms with Crippen molar-refractivity contribution in [1.82, 2.24) is 0 Å². The lowest BCUT2D eigenvalue weighted by Gasteiger charge is -2.23. The Labute approximate surface area is 148 Å². The van der Waals surface area contributed by atoms with E-state index in [1.54, 1.807) is 6.07 Å². The minimum absolute atomic E-state index is 0.0211. The normalized spacial score (nSPS) is 24.5. The van der Waals surface area contributed by atoms with Crippen LogP contribution in [0.4, 0.5) is 4.39 Å². The Morgan fingerprint density at radius 1 is 1.16 bits per heavy atom. The molecule has 0 spiro atoms. The minimum Gasteiger partial charge on any atom is -0.372 e. The maximum atomic E-state index is 13.8. The quantitative estimate of drug-likeness (QED) is 0.766. The van der Waals surface area contributed by atoms with Gasteiger partial charge in [-0.15, -0.1) is 0 Å². The second-order valence-electron chi connectivity index (χ2n) is 7.87. The highest BCUT2D eigenvalue weighted by Gasteiger charge is 2.37. The monoisotopic (exact) mass is 338 g/mol. The fourth-order valence-corrected chi connectivity index (χ4v) is 4.24. The molecule has 2 aliphatic rings. The number of ether oxygens (including phenoxy) is 1. The SMILES string of the molecule is CC1(C)CCC(CC2C(=O)c3cc(F)ccc3Cc3ccccc32)O1. The van der Waals surface area contributed by atoms with E-state index in [1.165, 1.54) is 12.1 Å². The number of ketones is 1. The van der Waals surface area contributed by atoms with Crippen molar-refractivity contribution in [3.05, 3.63) is 70.5 Å². The van der Waals surface area contributed by atoms with Gasteiger partial charge in [0.05, 0.1) is 17.6 Å². The molecule has 2 aromatic carbocycles. The first-order chi connectivity index (χ1) is 11.9. The van der Waals surface area contributed by atoms with Crippen LogP contribution >= 0.6 is 0 Å². The van der Waals surface area contributed by atoms with Gasteiger partial charge in [-0.2, -0.15) is 0 Å². The van der Waals surface area contributed by atoms with Crippen LogP contribution in [0.2, 0.25) is 0 Å². The molecule has 130 valence electrons. The average molecular weight is 338 g/mol. The Hall–Kier alpha value is -2.00. The van der Waals surface area contributed by atoms with Crippen LogP contribution < -0.4 is 0 Å². The standard InChI is InChI=1S/C22H23FO2/c1-22(2)10-9-17(25-22)13-20-18-6-4-3-5-14(18)11-15-7-8-16(23)12-19(15)21(20)24/h3-8,12,17,20H,9-11,13H2,1-2H3. The third kappa shape index (κ3) is 3.13. The molecule has 1 saturated heterocycles. The van der Waals surface area contributed by atoms with Crippen molar-refractivity contribution in [3.63, 3.8) is 0 Å². The van der Waals surface area contributed by atoms with Crippen LogP contribution in [-0.2, 0) is 11.2 Å². The van der Waals surface area contributed by atoms with Crippen molar-refractivity contribution in [1.29, 1.82) is 0 Å². The zero-order valence-corrected chi connectivity index (χ0v) is 14.7. The van der Waals surface area contributed by atoms with Crippen molar-refractivity contribution in [2.24, 2.45) is 0 Å². The summed E-state index contributed by atoms with van der Waals surface area (Å²) in [7, 11) is 0. The van der Waals surface area contributed by atoms with Gasteiger partial charge in [0, 0.05) is 5.56 Å². The van der Waals surface area contributed by atoms with E-state index in [4.69, 9.17) is 4.74 Å². The Bertz CT molecular complexity index is 825. The molecule has 0 saturated carbocycles. The molecule has 2 unspecified atom stereocenters. The van der Waals surface area contributed by atoms with E-state index in [-0.39, 0.29) is 29.2 Å². The van der Waals surface area contributed by atoms with Gasteiger partial charge in [-0.25, -0.2) is 4.39 Å². The Morgan fingerprint density at radius 2 is 1.96 bits per heavy atom. The molecule has 0 amide bonds. The van der Waals surface area contributed by atoms with Crippen molar-refractivity contribution < 1.29 is 13.9 Å². The van der Waals surface area contributed by atoms with Gasteiger partial charge >= 0.3 is 0 Å². The molecule has 25 heavy (non-hydrogen) atoms. The molecule has 0 radical (unpaired) electrons. The molecular formula is C22H23FO2. The average Bonchev–Trinajstić information content (AvgIpc) is 2.87. The summed E-state index contributed by atoms with van der Waals surface area (Å²) in [5.41, 5.74) is 3.54. The van der Waals surface area contributed by atoms with E-state index >= 15 is 0 Å². The van der Waals surface area contributed by atoms with E-state index in [9.17, 15) is 9.18 Å². The summed E-state index contributed by atoms with van der Waals surface area (Å²) >= 11 is 0. The zero-order chi connectivity index (χ0) is 17.6. The molecule has 1 heterocycles. The second-order valence-corrected chi connectivity index (χ2v) is 7.87. The number of hydrogen-bond acceptors (Lipinski definition) is 2. The van der Waals surface area contributed by atoms with Crippen LogP contribution in [0.1, 0.15) is 66.1 Å². The Balaban J connectivity index is 1.74. The van der Waals surface area contributed by atoms with Gasteiger partial charge in [-0.1, -0.05) is 30.3 Å². The van der Waals surface area contributed by atoms with Crippen LogP contribution in [0.25, 0.3) is 0 Å². The van der Waals surface area contributed by atoms with Crippen molar-refractivity contribution in [2.45, 2.75) is 57.2 Å². The highest BCUT2D eigenvalue weighted by atomic mass is 19.1. The van der Waals surface area contributed by atoms with E-state index in [0.29, 0.717) is 18.4 Å². The van der Waals surface area contributed by atoms with E-state index in [0.717, 1.165) is 29.5 Å². The molecule has 1 aliphatic heterocycles. The zero-order valence-electron chi connectivity index (χ0n) is 14.7. The summed E-state index contributed by atoms with van der Waals surface area (Å²) in [5, 5.41) is 0. The number of benzene rings is 2. The maximum Gasteiger partial charge on any atom is 0.170 e. The molecule has 1 fully saturated rings. The van der Waals surface area contributed by atoms with Gasteiger partial charge in [-0.05, 0) is 68.4 Å².